The Morgan fingerprint density at radius 2 is 2.04 bits per heavy atom. The summed E-state index contributed by atoms with van der Waals surface area (Å²) in [6.45, 7) is 3.45. The summed E-state index contributed by atoms with van der Waals surface area (Å²) in [6, 6.07) is 0. The van der Waals surface area contributed by atoms with Gasteiger partial charge in [0, 0.05) is 36.7 Å². The molecular formula is C18H24O5. The zero-order valence-corrected chi connectivity index (χ0v) is 13.5. The monoisotopic (exact) mass is 320 g/mol. The lowest BCUT2D eigenvalue weighted by Gasteiger charge is -2.54. The number of ether oxygens (including phenoxy) is 2. The number of aliphatic hydroxyl groups is 2. The molecule has 4 rings (SSSR count). The summed E-state index contributed by atoms with van der Waals surface area (Å²) < 4.78 is 11.7. The number of allylic oxidation sites excluding steroid dienone is 1. The van der Waals surface area contributed by atoms with Crippen molar-refractivity contribution in [1.29, 1.82) is 0 Å². The zero-order valence-electron chi connectivity index (χ0n) is 13.5. The summed E-state index contributed by atoms with van der Waals surface area (Å²) in [5, 5.41) is 20.0. The maximum Gasteiger partial charge on any atom is 0.172 e. The lowest BCUT2D eigenvalue weighted by molar-refractivity contribution is -0.186. The molecule has 2 N–H and O–H groups in total. The Hall–Kier alpha value is -1.17. The second kappa shape index (κ2) is 5.16. The molecule has 0 amide bonds. The predicted molar refractivity (Wildman–Crippen MR) is 82.6 cm³/mol. The molecule has 4 atom stereocenters. The first-order valence-corrected chi connectivity index (χ1v) is 8.52. The van der Waals surface area contributed by atoms with E-state index in [0.717, 1.165) is 25.5 Å². The molecule has 126 valence electrons. The molecule has 0 radical (unpaired) electrons. The third kappa shape index (κ3) is 2.13. The molecule has 1 spiro atoms. The second-order valence-electron chi connectivity index (χ2n) is 7.59. The number of aliphatic hydroxyl groups excluding tert-OH is 2. The standard InChI is InChI=1S/C18H24O5/c1-17-4-5-18(22-6-7-23-18)9-12(17)2-3-13-15(17)14(20)8-11(10-19)16(13)21/h2,10,13-15,19-20H,3-9H2,1H3/b11-10-. The highest BCUT2D eigenvalue weighted by Gasteiger charge is 2.57. The Morgan fingerprint density at radius 1 is 1.30 bits per heavy atom. The molecule has 5 nitrogen and oxygen atoms in total. The fourth-order valence-electron chi connectivity index (χ4n) is 5.25. The first-order valence-electron chi connectivity index (χ1n) is 8.52. The van der Waals surface area contributed by atoms with Crippen LogP contribution in [0, 0.1) is 17.3 Å². The Labute approximate surface area is 136 Å². The molecule has 23 heavy (non-hydrogen) atoms. The van der Waals surface area contributed by atoms with E-state index in [1.165, 1.54) is 5.57 Å². The number of Topliss-reactive ketones (excluding diaryl/α,β-unsaturated/α-hetero) is 1. The van der Waals surface area contributed by atoms with Gasteiger partial charge in [0.15, 0.2) is 11.6 Å². The Morgan fingerprint density at radius 3 is 2.74 bits per heavy atom. The van der Waals surface area contributed by atoms with Crippen molar-refractivity contribution in [3.8, 4) is 0 Å². The first kappa shape index (κ1) is 15.4. The third-order valence-corrected chi connectivity index (χ3v) is 6.47. The van der Waals surface area contributed by atoms with Crippen LogP contribution in [-0.4, -0.2) is 41.1 Å². The van der Waals surface area contributed by atoms with Crippen LogP contribution in [0.5, 0.6) is 0 Å². The van der Waals surface area contributed by atoms with Gasteiger partial charge in [-0.15, -0.1) is 0 Å². The Bertz CT molecular complexity index is 586. The van der Waals surface area contributed by atoms with Crippen LogP contribution >= 0.6 is 0 Å². The highest BCUT2D eigenvalue weighted by Crippen LogP contribution is 2.59. The summed E-state index contributed by atoms with van der Waals surface area (Å²) in [7, 11) is 0. The molecule has 0 aromatic heterocycles. The fraction of sp³-hybridized carbons (Fsp3) is 0.722. The lowest BCUT2D eigenvalue weighted by Crippen LogP contribution is -2.54. The predicted octanol–water partition coefficient (Wildman–Crippen LogP) is 2.26. The van der Waals surface area contributed by atoms with E-state index in [1.54, 1.807) is 0 Å². The molecule has 1 saturated heterocycles. The number of ketones is 1. The lowest BCUT2D eigenvalue weighted by atomic mass is 9.51. The minimum absolute atomic E-state index is 0.00650. The van der Waals surface area contributed by atoms with Crippen molar-refractivity contribution in [3.63, 3.8) is 0 Å². The van der Waals surface area contributed by atoms with Crippen LogP contribution in [-0.2, 0) is 14.3 Å². The Balaban J connectivity index is 1.68. The molecule has 1 heterocycles. The minimum Gasteiger partial charge on any atom is -0.515 e. The molecule has 0 aromatic rings. The SMILES string of the molecule is CC12CCC3(CC1=CCC1C(=O)/C(=C\O)CC(O)C12)OCCO3. The van der Waals surface area contributed by atoms with Gasteiger partial charge in [0.25, 0.3) is 0 Å². The van der Waals surface area contributed by atoms with Gasteiger partial charge in [-0.3, -0.25) is 4.79 Å². The van der Waals surface area contributed by atoms with E-state index < -0.39 is 11.9 Å². The van der Waals surface area contributed by atoms with E-state index in [4.69, 9.17) is 9.47 Å². The highest BCUT2D eigenvalue weighted by molar-refractivity contribution is 5.98. The van der Waals surface area contributed by atoms with Crippen LogP contribution in [0.25, 0.3) is 0 Å². The molecule has 1 aliphatic heterocycles. The number of hydrogen-bond donors (Lipinski definition) is 2. The van der Waals surface area contributed by atoms with Gasteiger partial charge in [-0.25, -0.2) is 0 Å². The molecule has 3 aliphatic carbocycles. The van der Waals surface area contributed by atoms with Gasteiger partial charge in [-0.1, -0.05) is 18.6 Å². The largest absolute Gasteiger partial charge is 0.515 e. The number of fused-ring (bicyclic) bond motifs is 3. The molecule has 5 heteroatoms. The fourth-order valence-corrected chi connectivity index (χ4v) is 5.25. The summed E-state index contributed by atoms with van der Waals surface area (Å²) in [6.07, 6.45) is 5.68. The number of carbonyl (C=O) groups excluding carboxylic acids is 1. The smallest absolute Gasteiger partial charge is 0.172 e. The van der Waals surface area contributed by atoms with Crippen LogP contribution in [0.3, 0.4) is 0 Å². The van der Waals surface area contributed by atoms with Crippen molar-refractivity contribution in [2.45, 2.75) is 50.9 Å². The quantitative estimate of drug-likeness (QED) is 0.407. The molecule has 0 bridgehead atoms. The van der Waals surface area contributed by atoms with E-state index in [2.05, 4.69) is 13.0 Å². The Kier molecular flexibility index (Phi) is 3.45. The van der Waals surface area contributed by atoms with Gasteiger partial charge in [0.05, 0.1) is 25.6 Å². The van der Waals surface area contributed by atoms with Gasteiger partial charge in [-0.2, -0.15) is 0 Å². The molecular weight excluding hydrogens is 296 g/mol. The van der Waals surface area contributed by atoms with Crippen LogP contribution < -0.4 is 0 Å². The minimum atomic E-state index is -0.593. The molecule has 3 fully saturated rings. The van der Waals surface area contributed by atoms with Crippen molar-refractivity contribution < 1.29 is 24.5 Å². The second-order valence-corrected chi connectivity index (χ2v) is 7.59. The summed E-state index contributed by atoms with van der Waals surface area (Å²) >= 11 is 0. The van der Waals surface area contributed by atoms with E-state index in [0.29, 0.717) is 25.2 Å². The zero-order chi connectivity index (χ0) is 16.2. The molecule has 2 saturated carbocycles. The normalized spacial score (nSPS) is 44.1. The molecule has 4 aliphatic rings. The average molecular weight is 320 g/mol. The van der Waals surface area contributed by atoms with Crippen LogP contribution in [0.2, 0.25) is 0 Å². The van der Waals surface area contributed by atoms with Crippen molar-refractivity contribution in [3.05, 3.63) is 23.5 Å². The average Bonchev–Trinajstić information content (AvgIpc) is 2.99. The number of hydrogen-bond acceptors (Lipinski definition) is 5. The number of rotatable bonds is 0. The van der Waals surface area contributed by atoms with E-state index in [-0.39, 0.29) is 29.5 Å². The van der Waals surface area contributed by atoms with E-state index >= 15 is 0 Å². The van der Waals surface area contributed by atoms with Crippen molar-refractivity contribution in [1.82, 2.24) is 0 Å². The summed E-state index contributed by atoms with van der Waals surface area (Å²) in [4.78, 5) is 12.6. The molecule has 4 unspecified atom stereocenters. The van der Waals surface area contributed by atoms with Crippen LogP contribution in [0.15, 0.2) is 23.5 Å². The van der Waals surface area contributed by atoms with E-state index in [9.17, 15) is 15.0 Å². The third-order valence-electron chi connectivity index (χ3n) is 6.47. The number of carbonyl (C=O) groups is 1. The molecule has 0 aromatic carbocycles. The topological polar surface area (TPSA) is 76.0 Å². The van der Waals surface area contributed by atoms with Gasteiger partial charge in [-0.05, 0) is 18.3 Å². The van der Waals surface area contributed by atoms with Crippen LogP contribution in [0.4, 0.5) is 0 Å². The first-order chi connectivity index (χ1) is 11.0. The van der Waals surface area contributed by atoms with Gasteiger partial charge in [0.1, 0.15) is 0 Å². The van der Waals surface area contributed by atoms with Crippen LogP contribution in [0.1, 0.15) is 39.0 Å². The maximum atomic E-state index is 12.6. The van der Waals surface area contributed by atoms with Gasteiger partial charge < -0.3 is 19.7 Å². The maximum absolute atomic E-state index is 12.6. The summed E-state index contributed by atoms with van der Waals surface area (Å²) in [5.41, 5.74) is 1.42. The van der Waals surface area contributed by atoms with Crippen molar-refractivity contribution >= 4 is 5.78 Å². The van der Waals surface area contributed by atoms with Gasteiger partial charge in [0.2, 0.25) is 0 Å². The van der Waals surface area contributed by atoms with Gasteiger partial charge >= 0.3 is 0 Å². The van der Waals surface area contributed by atoms with E-state index in [1.807, 2.05) is 0 Å². The van der Waals surface area contributed by atoms with Crippen molar-refractivity contribution in [2.75, 3.05) is 13.2 Å². The highest BCUT2D eigenvalue weighted by atomic mass is 16.7. The van der Waals surface area contributed by atoms with Crippen molar-refractivity contribution in [2.24, 2.45) is 17.3 Å². The summed E-state index contributed by atoms with van der Waals surface area (Å²) in [5.74, 6) is -0.811.